The van der Waals surface area contributed by atoms with Gasteiger partial charge in [0.05, 0.1) is 11.6 Å². The molecule has 1 unspecified atom stereocenters. The number of nitriles is 1. The Bertz CT molecular complexity index is 943. The van der Waals surface area contributed by atoms with Gasteiger partial charge in [-0.25, -0.2) is 9.78 Å². The molecule has 2 aromatic rings. The summed E-state index contributed by atoms with van der Waals surface area (Å²) in [5.41, 5.74) is 2.94. The number of rotatable bonds is 4. The van der Waals surface area contributed by atoms with Gasteiger partial charge >= 0.3 is 6.03 Å². The highest BCUT2D eigenvalue weighted by atomic mass is 16.2. The van der Waals surface area contributed by atoms with Crippen LogP contribution in [0.4, 0.5) is 16.3 Å². The van der Waals surface area contributed by atoms with Crippen LogP contribution >= 0.6 is 0 Å². The quantitative estimate of drug-likeness (QED) is 0.822. The molecule has 2 amide bonds. The van der Waals surface area contributed by atoms with E-state index < -0.39 is 0 Å². The highest BCUT2D eigenvalue weighted by Gasteiger charge is 2.32. The zero-order chi connectivity index (χ0) is 21.8. The molecule has 0 spiro atoms. The Morgan fingerprint density at radius 1 is 1.16 bits per heavy atom. The molecule has 2 aliphatic rings. The summed E-state index contributed by atoms with van der Waals surface area (Å²) in [5.74, 6) is 0.893. The second kappa shape index (κ2) is 9.25. The van der Waals surface area contributed by atoms with Crippen molar-refractivity contribution in [1.82, 2.24) is 15.2 Å². The van der Waals surface area contributed by atoms with Crippen LogP contribution in [0.25, 0.3) is 0 Å². The van der Waals surface area contributed by atoms with E-state index >= 15 is 0 Å². The van der Waals surface area contributed by atoms with Gasteiger partial charge in [0.1, 0.15) is 11.9 Å². The van der Waals surface area contributed by atoms with E-state index in [1.807, 2.05) is 25.1 Å². The number of pyridine rings is 1. The molecule has 0 saturated carbocycles. The minimum Gasteiger partial charge on any atom is -0.378 e. The molecule has 2 fully saturated rings. The number of hydrogen-bond donors (Lipinski definition) is 1. The minimum atomic E-state index is 0.0488. The molecule has 31 heavy (non-hydrogen) atoms. The Balaban J connectivity index is 1.34. The topological polar surface area (TPSA) is 75.5 Å². The third-order valence-corrected chi connectivity index (χ3v) is 6.31. The first-order valence-corrected chi connectivity index (χ1v) is 11.0. The number of piperidine rings is 1. The molecule has 2 saturated heterocycles. The van der Waals surface area contributed by atoms with Crippen molar-refractivity contribution in [2.45, 2.75) is 37.8 Å². The second-order valence-corrected chi connectivity index (χ2v) is 8.57. The Kier molecular flexibility index (Phi) is 6.26. The van der Waals surface area contributed by atoms with Crippen LogP contribution in [0.2, 0.25) is 0 Å². The summed E-state index contributed by atoms with van der Waals surface area (Å²) in [5, 5.41) is 12.2. The van der Waals surface area contributed by atoms with E-state index in [-0.39, 0.29) is 18.1 Å². The van der Waals surface area contributed by atoms with Gasteiger partial charge in [-0.05, 0) is 55.5 Å². The highest BCUT2D eigenvalue weighted by molar-refractivity contribution is 5.75. The summed E-state index contributed by atoms with van der Waals surface area (Å²) in [6, 6.07) is 14.7. The summed E-state index contributed by atoms with van der Waals surface area (Å²) in [6.07, 6.45) is 5.44. The molecule has 1 aromatic carbocycles. The number of likely N-dealkylation sites (tertiary alicyclic amines) is 1. The van der Waals surface area contributed by atoms with Crippen LogP contribution in [0, 0.1) is 11.3 Å². The van der Waals surface area contributed by atoms with Gasteiger partial charge in [-0.2, -0.15) is 5.26 Å². The third kappa shape index (κ3) is 4.74. The van der Waals surface area contributed by atoms with Crippen LogP contribution in [0.3, 0.4) is 0 Å². The zero-order valence-corrected chi connectivity index (χ0v) is 18.3. The molecule has 3 heterocycles. The Morgan fingerprint density at radius 2 is 1.97 bits per heavy atom. The van der Waals surface area contributed by atoms with Gasteiger partial charge in [-0.15, -0.1) is 0 Å². The van der Waals surface area contributed by atoms with Gasteiger partial charge in [0.25, 0.3) is 0 Å². The maximum Gasteiger partial charge on any atom is 0.318 e. The van der Waals surface area contributed by atoms with E-state index in [4.69, 9.17) is 5.26 Å². The minimum absolute atomic E-state index is 0.0488. The number of aromatic nitrogens is 1. The lowest BCUT2D eigenvalue weighted by atomic mass is 10.0. The van der Waals surface area contributed by atoms with Crippen LogP contribution in [0.15, 0.2) is 42.6 Å². The van der Waals surface area contributed by atoms with E-state index in [2.05, 4.69) is 50.4 Å². The molecule has 4 rings (SSSR count). The van der Waals surface area contributed by atoms with Crippen LogP contribution in [-0.4, -0.2) is 55.7 Å². The van der Waals surface area contributed by atoms with Crippen molar-refractivity contribution in [2.75, 3.05) is 43.5 Å². The van der Waals surface area contributed by atoms with Crippen molar-refractivity contribution in [1.29, 1.82) is 5.26 Å². The van der Waals surface area contributed by atoms with Crippen LogP contribution < -0.4 is 15.1 Å². The molecule has 1 N–H and O–H groups in total. The third-order valence-electron chi connectivity index (χ3n) is 6.31. The second-order valence-electron chi connectivity index (χ2n) is 8.57. The predicted octanol–water partition coefficient (Wildman–Crippen LogP) is 3.53. The van der Waals surface area contributed by atoms with Crippen molar-refractivity contribution in [2.24, 2.45) is 0 Å². The molecule has 0 radical (unpaired) electrons. The van der Waals surface area contributed by atoms with Crippen molar-refractivity contribution in [3.05, 3.63) is 53.7 Å². The van der Waals surface area contributed by atoms with Crippen molar-refractivity contribution in [3.63, 3.8) is 0 Å². The summed E-state index contributed by atoms with van der Waals surface area (Å²) in [4.78, 5) is 23.8. The van der Waals surface area contributed by atoms with Gasteiger partial charge in [-0.1, -0.05) is 12.1 Å². The van der Waals surface area contributed by atoms with Gasteiger partial charge in [0, 0.05) is 51.7 Å². The molecule has 2 aliphatic heterocycles. The monoisotopic (exact) mass is 418 g/mol. The fourth-order valence-electron chi connectivity index (χ4n) is 4.52. The summed E-state index contributed by atoms with van der Waals surface area (Å²) < 4.78 is 0. The first kappa shape index (κ1) is 21.0. The van der Waals surface area contributed by atoms with E-state index in [0.29, 0.717) is 5.56 Å². The normalized spacial score (nSPS) is 19.2. The largest absolute Gasteiger partial charge is 0.378 e. The SMILES string of the molecule is CN(C)c1cccc(C2CCCN2C(=O)NC2CCN(c3ccc(C#N)cn3)CC2)c1. The molecular weight excluding hydrogens is 388 g/mol. The zero-order valence-electron chi connectivity index (χ0n) is 18.3. The summed E-state index contributed by atoms with van der Waals surface area (Å²) >= 11 is 0. The van der Waals surface area contributed by atoms with Crippen LogP contribution in [0.1, 0.15) is 42.9 Å². The fraction of sp³-hybridized carbons (Fsp3) is 0.458. The molecule has 0 aliphatic carbocycles. The van der Waals surface area contributed by atoms with Crippen LogP contribution in [-0.2, 0) is 0 Å². The lowest BCUT2D eigenvalue weighted by Gasteiger charge is -2.35. The Labute approximate surface area is 184 Å². The molecule has 162 valence electrons. The molecule has 0 bridgehead atoms. The first-order valence-electron chi connectivity index (χ1n) is 11.0. The maximum atomic E-state index is 13.1. The van der Waals surface area contributed by atoms with E-state index in [0.717, 1.165) is 56.8 Å². The fourth-order valence-corrected chi connectivity index (χ4v) is 4.52. The molecule has 7 nitrogen and oxygen atoms in total. The van der Waals surface area contributed by atoms with E-state index in [1.54, 1.807) is 12.3 Å². The van der Waals surface area contributed by atoms with Gasteiger partial charge in [0.2, 0.25) is 0 Å². The average molecular weight is 419 g/mol. The summed E-state index contributed by atoms with van der Waals surface area (Å²) in [7, 11) is 4.08. The number of carbonyl (C=O) groups excluding carboxylic acids is 1. The Morgan fingerprint density at radius 3 is 2.65 bits per heavy atom. The number of anilines is 2. The van der Waals surface area contributed by atoms with Crippen molar-refractivity contribution >= 4 is 17.5 Å². The molecular formula is C24H30N6O. The first-order chi connectivity index (χ1) is 15.0. The van der Waals surface area contributed by atoms with Gasteiger partial charge in [-0.3, -0.25) is 0 Å². The number of urea groups is 1. The maximum absolute atomic E-state index is 13.1. The van der Waals surface area contributed by atoms with Crippen molar-refractivity contribution < 1.29 is 4.79 Å². The number of nitrogens with zero attached hydrogens (tertiary/aromatic N) is 5. The number of carbonyl (C=O) groups is 1. The van der Waals surface area contributed by atoms with E-state index in [9.17, 15) is 4.79 Å². The molecule has 7 heteroatoms. The predicted molar refractivity (Wildman–Crippen MR) is 122 cm³/mol. The molecule has 1 aromatic heterocycles. The number of amides is 2. The van der Waals surface area contributed by atoms with Crippen LogP contribution in [0.5, 0.6) is 0 Å². The van der Waals surface area contributed by atoms with E-state index in [1.165, 1.54) is 5.56 Å². The molecule has 1 atom stereocenters. The van der Waals surface area contributed by atoms with Gasteiger partial charge in [0.15, 0.2) is 0 Å². The average Bonchev–Trinajstić information content (AvgIpc) is 3.30. The van der Waals surface area contributed by atoms with Gasteiger partial charge < -0.3 is 20.0 Å². The summed E-state index contributed by atoms with van der Waals surface area (Å²) in [6.45, 7) is 2.49. The number of benzene rings is 1. The smallest absolute Gasteiger partial charge is 0.318 e. The Hall–Kier alpha value is -3.27. The number of hydrogen-bond acceptors (Lipinski definition) is 5. The lowest BCUT2D eigenvalue weighted by molar-refractivity contribution is 0.186. The number of nitrogens with one attached hydrogen (secondary N) is 1. The van der Waals surface area contributed by atoms with Crippen molar-refractivity contribution in [3.8, 4) is 6.07 Å². The standard InChI is InChI=1S/C24H30N6O/c1-28(2)21-6-3-5-19(15-21)22-7-4-12-30(22)24(31)27-20-10-13-29(14-11-20)23-9-8-18(16-25)17-26-23/h3,5-6,8-9,15,17,20,22H,4,7,10-14H2,1-2H3,(H,27,31). The lowest BCUT2D eigenvalue weighted by Crippen LogP contribution is -2.49. The highest BCUT2D eigenvalue weighted by Crippen LogP contribution is 2.33.